The van der Waals surface area contributed by atoms with Crippen molar-refractivity contribution in [2.75, 3.05) is 26.1 Å². The molecule has 3 aliphatic rings. The van der Waals surface area contributed by atoms with Crippen molar-refractivity contribution in [3.8, 4) is 11.5 Å². The molecule has 0 unspecified atom stereocenters. The summed E-state index contributed by atoms with van der Waals surface area (Å²) < 4.78 is 11.6. The summed E-state index contributed by atoms with van der Waals surface area (Å²) in [6, 6.07) is 13.1. The van der Waals surface area contributed by atoms with Crippen molar-refractivity contribution < 1.29 is 23.9 Å². The molecular weight excluding hydrogens is 516 g/mol. The minimum Gasteiger partial charge on any atom is -0.493 e. The third-order valence-electron chi connectivity index (χ3n) is 8.48. The van der Waals surface area contributed by atoms with Gasteiger partial charge < -0.3 is 19.7 Å². The summed E-state index contributed by atoms with van der Waals surface area (Å²) in [7, 11) is 3.55. The number of aryl methyl sites for hydroxylation is 1. The van der Waals surface area contributed by atoms with Gasteiger partial charge in [-0.3, -0.25) is 14.4 Å². The maximum absolute atomic E-state index is 13.7. The van der Waals surface area contributed by atoms with Crippen LogP contribution in [0.25, 0.3) is 0 Å². The van der Waals surface area contributed by atoms with E-state index in [1.165, 1.54) is 0 Å². The topological polar surface area (TPSA) is 84.9 Å². The first-order valence-electron chi connectivity index (χ1n) is 14.2. The lowest BCUT2D eigenvalue weighted by Gasteiger charge is -2.47. The summed E-state index contributed by atoms with van der Waals surface area (Å²) in [6.07, 6.45) is 2.40. The van der Waals surface area contributed by atoms with Gasteiger partial charge in [-0.05, 0) is 59.9 Å². The predicted molar refractivity (Wildman–Crippen MR) is 159 cm³/mol. The molecule has 0 spiro atoms. The van der Waals surface area contributed by atoms with Crippen LogP contribution in [-0.2, 0) is 14.4 Å². The van der Waals surface area contributed by atoms with Gasteiger partial charge in [0.1, 0.15) is 0 Å². The number of para-hydroxylation sites is 1. The number of ether oxygens (including phenoxy) is 2. The minimum atomic E-state index is -0.462. The Labute approximate surface area is 242 Å². The third kappa shape index (κ3) is 5.54. The molecule has 0 aromatic heterocycles. The number of rotatable bonds is 6. The summed E-state index contributed by atoms with van der Waals surface area (Å²) >= 11 is 0. The molecule has 2 aliphatic carbocycles. The van der Waals surface area contributed by atoms with E-state index in [9.17, 15) is 14.4 Å². The highest BCUT2D eigenvalue weighted by Gasteiger charge is 2.48. The van der Waals surface area contributed by atoms with Gasteiger partial charge in [0, 0.05) is 54.0 Å². The second kappa shape index (κ2) is 10.5. The third-order valence-corrected chi connectivity index (χ3v) is 8.48. The number of Topliss-reactive ketones (excluding diaryl/α,β-unsaturated/α-hetero) is 2. The molecule has 1 aliphatic heterocycles. The van der Waals surface area contributed by atoms with Gasteiger partial charge in [0.15, 0.2) is 29.7 Å². The van der Waals surface area contributed by atoms with E-state index in [4.69, 9.17) is 9.47 Å². The lowest BCUT2D eigenvalue weighted by molar-refractivity contribution is -0.120. The molecule has 0 bridgehead atoms. The van der Waals surface area contributed by atoms with Crippen LogP contribution >= 0.6 is 0 Å². The first-order valence-corrected chi connectivity index (χ1v) is 14.2. The fourth-order valence-electron chi connectivity index (χ4n) is 6.52. The molecule has 7 nitrogen and oxygen atoms in total. The second-order valence-electron chi connectivity index (χ2n) is 13.2. The van der Waals surface area contributed by atoms with Gasteiger partial charge >= 0.3 is 0 Å². The summed E-state index contributed by atoms with van der Waals surface area (Å²) in [5, 5.41) is 2.87. The minimum absolute atomic E-state index is 0.0875. The van der Waals surface area contributed by atoms with E-state index in [-0.39, 0.29) is 34.9 Å². The highest BCUT2D eigenvalue weighted by molar-refractivity contribution is 6.06. The maximum Gasteiger partial charge on any atom is 0.262 e. The van der Waals surface area contributed by atoms with E-state index in [0.717, 1.165) is 41.1 Å². The lowest BCUT2D eigenvalue weighted by atomic mass is 9.64. The Morgan fingerprint density at radius 3 is 2.05 bits per heavy atom. The Kier molecular flexibility index (Phi) is 7.35. The van der Waals surface area contributed by atoms with Gasteiger partial charge in [0.2, 0.25) is 0 Å². The zero-order chi connectivity index (χ0) is 29.7. The Bertz CT molecular complexity index is 1440. The molecule has 0 saturated heterocycles. The zero-order valence-corrected chi connectivity index (χ0v) is 25.1. The molecule has 1 N–H and O–H groups in total. The number of carbonyl (C=O) groups is 3. The van der Waals surface area contributed by atoms with Crippen LogP contribution in [0.4, 0.5) is 5.69 Å². The van der Waals surface area contributed by atoms with Crippen LogP contribution in [-0.4, -0.2) is 43.1 Å². The molecule has 7 heteroatoms. The van der Waals surface area contributed by atoms with Crippen molar-refractivity contribution in [3.05, 3.63) is 76.1 Å². The van der Waals surface area contributed by atoms with Crippen LogP contribution < -0.4 is 14.8 Å². The van der Waals surface area contributed by atoms with Crippen molar-refractivity contribution in [3.63, 3.8) is 0 Å². The molecule has 0 atom stereocenters. The molecule has 1 amide bonds. The zero-order valence-electron chi connectivity index (χ0n) is 25.1. The van der Waals surface area contributed by atoms with Gasteiger partial charge in [-0.15, -0.1) is 0 Å². The van der Waals surface area contributed by atoms with Crippen LogP contribution in [0.5, 0.6) is 11.5 Å². The Hall–Kier alpha value is -3.87. The maximum atomic E-state index is 13.7. The number of hydrogen-bond donors (Lipinski definition) is 1. The number of carbonyl (C=O) groups excluding carboxylic acids is 3. The molecule has 0 radical (unpaired) electrons. The molecule has 216 valence electrons. The lowest BCUT2D eigenvalue weighted by Crippen LogP contribution is -2.43. The van der Waals surface area contributed by atoms with Gasteiger partial charge in [0.25, 0.3) is 5.91 Å². The second-order valence-corrected chi connectivity index (χ2v) is 13.2. The predicted octanol–water partition coefficient (Wildman–Crippen LogP) is 6.34. The van der Waals surface area contributed by atoms with Crippen LogP contribution in [0.3, 0.4) is 0 Å². The van der Waals surface area contributed by atoms with E-state index in [1.54, 1.807) is 13.2 Å². The average Bonchev–Trinajstić information content (AvgIpc) is 2.89. The molecule has 0 fully saturated rings. The van der Waals surface area contributed by atoms with E-state index >= 15 is 0 Å². The van der Waals surface area contributed by atoms with E-state index in [2.05, 4.69) is 37.9 Å². The number of anilines is 1. The summed E-state index contributed by atoms with van der Waals surface area (Å²) in [5.41, 5.74) is 5.64. The molecule has 5 rings (SSSR count). The van der Waals surface area contributed by atoms with Crippen molar-refractivity contribution in [2.24, 2.45) is 10.8 Å². The van der Waals surface area contributed by atoms with Crippen LogP contribution in [0.2, 0.25) is 0 Å². The van der Waals surface area contributed by atoms with E-state index < -0.39 is 5.92 Å². The number of hydrogen-bond acceptors (Lipinski definition) is 6. The smallest absolute Gasteiger partial charge is 0.262 e. The fourth-order valence-corrected chi connectivity index (χ4v) is 6.52. The van der Waals surface area contributed by atoms with Crippen molar-refractivity contribution in [2.45, 2.75) is 66.2 Å². The number of benzene rings is 2. The van der Waals surface area contributed by atoms with Crippen molar-refractivity contribution in [1.29, 1.82) is 0 Å². The molecule has 0 saturated carbocycles. The summed E-state index contributed by atoms with van der Waals surface area (Å²) in [4.78, 5) is 42.2. The number of amides is 1. The average molecular weight is 557 g/mol. The quantitative estimate of drug-likeness (QED) is 0.447. The molecular formula is C34H40N2O5. The van der Waals surface area contributed by atoms with Gasteiger partial charge in [-0.2, -0.15) is 0 Å². The van der Waals surface area contributed by atoms with Crippen molar-refractivity contribution >= 4 is 23.2 Å². The van der Waals surface area contributed by atoms with Gasteiger partial charge in [-0.1, -0.05) is 52.0 Å². The molecule has 2 aromatic carbocycles. The van der Waals surface area contributed by atoms with E-state index in [0.29, 0.717) is 35.5 Å². The molecule has 41 heavy (non-hydrogen) atoms. The van der Waals surface area contributed by atoms with E-state index in [1.807, 2.05) is 50.4 Å². The van der Waals surface area contributed by atoms with Gasteiger partial charge in [-0.25, -0.2) is 0 Å². The Morgan fingerprint density at radius 2 is 1.49 bits per heavy atom. The summed E-state index contributed by atoms with van der Waals surface area (Å²) in [6.45, 7) is 10.2. The Balaban J connectivity index is 1.50. The van der Waals surface area contributed by atoms with Crippen LogP contribution in [0.1, 0.15) is 70.4 Å². The summed E-state index contributed by atoms with van der Waals surface area (Å²) in [5.74, 6) is 0.294. The SMILES string of the molecule is COc1cc(C2C3=C(CC(C)(C)CC3=O)N(C)C3=C2C(=O)CC(C)(C)C3)ccc1OCC(=O)Nc1ccccc1C. The Morgan fingerprint density at radius 1 is 0.902 bits per heavy atom. The highest BCUT2D eigenvalue weighted by atomic mass is 16.5. The van der Waals surface area contributed by atoms with Crippen molar-refractivity contribution in [1.82, 2.24) is 4.90 Å². The number of methoxy groups -OCH3 is 1. The number of nitrogens with zero attached hydrogens (tertiary/aromatic N) is 1. The monoisotopic (exact) mass is 556 g/mol. The number of allylic oxidation sites excluding steroid dienone is 4. The molecule has 2 aromatic rings. The largest absolute Gasteiger partial charge is 0.493 e. The standard InChI is InChI=1S/C34H40N2O5/c1-20-10-8-9-11-22(20)35-29(39)19-41-27-13-12-21(14-28(27)40-7)30-31-23(15-33(2,3)17-25(31)37)36(6)24-16-34(4,5)18-26(38)32(24)30/h8-14,30H,15-19H2,1-7H3,(H,35,39). The molecule has 1 heterocycles. The fraction of sp³-hybridized carbons (Fsp3) is 0.441. The number of nitrogens with one attached hydrogen (secondary N) is 1. The first kappa shape index (κ1) is 28.7. The van der Waals surface area contributed by atoms with Crippen LogP contribution in [0, 0.1) is 17.8 Å². The van der Waals surface area contributed by atoms with Gasteiger partial charge in [0.05, 0.1) is 7.11 Å². The normalized spacial score (nSPS) is 20.0. The first-order chi connectivity index (χ1) is 19.3. The van der Waals surface area contributed by atoms with Crippen LogP contribution in [0.15, 0.2) is 65.0 Å². The number of ketones is 2. The highest BCUT2D eigenvalue weighted by Crippen LogP contribution is 2.54.